The predicted molar refractivity (Wildman–Crippen MR) is 98.5 cm³/mol. The highest BCUT2D eigenvalue weighted by molar-refractivity contribution is 6.60. The fourth-order valence-corrected chi connectivity index (χ4v) is 3.71. The molecule has 0 radical (unpaired) electrons. The Morgan fingerprint density at radius 2 is 2.22 bits per heavy atom. The van der Waals surface area contributed by atoms with Gasteiger partial charge in [-0.05, 0) is 36.9 Å². The molecule has 3 rings (SSSR count). The van der Waals surface area contributed by atoms with Gasteiger partial charge in [0.25, 0.3) is 5.91 Å². The Balaban J connectivity index is 1.74. The van der Waals surface area contributed by atoms with Crippen LogP contribution in [0.15, 0.2) is 30.6 Å². The maximum atomic E-state index is 12.6. The highest BCUT2D eigenvalue weighted by Crippen LogP contribution is 2.36. The Labute approximate surface area is 157 Å². The van der Waals surface area contributed by atoms with Crippen molar-refractivity contribution in [2.45, 2.75) is 37.3 Å². The second kappa shape index (κ2) is 7.63. The van der Waals surface area contributed by atoms with Crippen LogP contribution in [0.5, 0.6) is 0 Å². The first kappa shape index (κ1) is 19.3. The molecule has 0 unspecified atom stereocenters. The summed E-state index contributed by atoms with van der Waals surface area (Å²) in [4.78, 5) is 28.0. The van der Waals surface area contributed by atoms with Crippen LogP contribution in [-0.2, 0) is 12.6 Å². The zero-order valence-corrected chi connectivity index (χ0v) is 15.0. The molecule has 1 aliphatic carbocycles. The van der Waals surface area contributed by atoms with E-state index in [1.165, 1.54) is 18.2 Å². The summed E-state index contributed by atoms with van der Waals surface area (Å²) in [6, 6.07) is 3.86. The lowest BCUT2D eigenvalue weighted by molar-refractivity contribution is -0.0213. The molecule has 2 aromatic rings. The van der Waals surface area contributed by atoms with Gasteiger partial charge in [0.05, 0.1) is 0 Å². The number of imidazole rings is 1. The van der Waals surface area contributed by atoms with Crippen molar-refractivity contribution in [3.8, 4) is 0 Å². The van der Waals surface area contributed by atoms with Gasteiger partial charge in [-0.2, -0.15) is 0 Å². The largest absolute Gasteiger partial charge is 0.489 e. The van der Waals surface area contributed by atoms with Crippen molar-refractivity contribution < 1.29 is 24.7 Å². The lowest BCUT2D eigenvalue weighted by Crippen LogP contribution is -2.45. The summed E-state index contributed by atoms with van der Waals surface area (Å²) >= 11 is 0. The van der Waals surface area contributed by atoms with E-state index in [1.54, 1.807) is 17.0 Å². The Kier molecular flexibility index (Phi) is 5.45. The van der Waals surface area contributed by atoms with E-state index in [2.05, 4.69) is 10.3 Å². The van der Waals surface area contributed by atoms with E-state index in [4.69, 9.17) is 0 Å². The smallest absolute Gasteiger partial charge is 0.423 e. The highest BCUT2D eigenvalue weighted by Gasteiger charge is 2.39. The predicted octanol–water partition coefficient (Wildman–Crippen LogP) is -0.527. The van der Waals surface area contributed by atoms with E-state index >= 15 is 0 Å². The lowest BCUT2D eigenvalue weighted by Gasteiger charge is -2.36. The second-order valence-electron chi connectivity index (χ2n) is 7.00. The van der Waals surface area contributed by atoms with Gasteiger partial charge in [0.1, 0.15) is 17.7 Å². The Morgan fingerprint density at radius 1 is 1.44 bits per heavy atom. The average molecular weight is 371 g/mol. The summed E-state index contributed by atoms with van der Waals surface area (Å²) < 4.78 is 1.78. The van der Waals surface area contributed by atoms with Crippen LogP contribution in [0.3, 0.4) is 0 Å². The lowest BCUT2D eigenvalue weighted by atomic mass is 9.76. The van der Waals surface area contributed by atoms with Crippen molar-refractivity contribution in [1.82, 2.24) is 14.9 Å². The van der Waals surface area contributed by atoms with Gasteiger partial charge in [-0.1, -0.05) is 6.07 Å². The third-order valence-corrected chi connectivity index (χ3v) is 5.05. The van der Waals surface area contributed by atoms with Crippen molar-refractivity contribution in [3.63, 3.8) is 0 Å². The van der Waals surface area contributed by atoms with Gasteiger partial charge in [-0.25, -0.2) is 4.98 Å². The van der Waals surface area contributed by atoms with Crippen LogP contribution >= 0.6 is 0 Å². The molecule has 8 nitrogen and oxygen atoms in total. The van der Waals surface area contributed by atoms with Crippen LogP contribution in [-0.4, -0.2) is 50.1 Å². The van der Waals surface area contributed by atoms with Gasteiger partial charge in [0, 0.05) is 43.0 Å². The highest BCUT2D eigenvalue weighted by atomic mass is 16.4. The number of hydrogen-bond donors (Lipinski definition) is 4. The van der Waals surface area contributed by atoms with Gasteiger partial charge >= 0.3 is 7.12 Å². The maximum Gasteiger partial charge on any atom is 0.489 e. The first-order valence-corrected chi connectivity index (χ1v) is 8.80. The number of hydrogen-bond acceptors (Lipinski definition) is 6. The summed E-state index contributed by atoms with van der Waals surface area (Å²) in [6.07, 6.45) is 6.27. The van der Waals surface area contributed by atoms with Crippen LogP contribution in [0, 0.1) is 0 Å². The molecule has 4 N–H and O–H groups in total. The Hall–Kier alpha value is -2.49. The third kappa shape index (κ3) is 3.95. The number of nitrogens with zero attached hydrogens (tertiary/aromatic N) is 2. The van der Waals surface area contributed by atoms with Crippen molar-refractivity contribution >= 4 is 24.8 Å². The van der Waals surface area contributed by atoms with Crippen molar-refractivity contribution in [3.05, 3.63) is 47.5 Å². The van der Waals surface area contributed by atoms with Gasteiger partial charge in [-0.3, -0.25) is 9.59 Å². The number of aromatic nitrogens is 2. The Morgan fingerprint density at radius 3 is 2.85 bits per heavy atom. The number of carbonyl (C=O) groups excluding carboxylic acids is 2. The molecule has 1 fully saturated rings. The van der Waals surface area contributed by atoms with Crippen LogP contribution in [0.25, 0.3) is 0 Å². The fourth-order valence-electron chi connectivity index (χ4n) is 3.71. The zero-order chi connectivity index (χ0) is 19.6. The SMILES string of the molecule is Cn1ccnc1[C@@]1(O)CCC[C@H](NC(=O)c2ccc(B(O)O)c(C=O)c2)C1. The molecule has 27 heavy (non-hydrogen) atoms. The molecule has 142 valence electrons. The summed E-state index contributed by atoms with van der Waals surface area (Å²) in [6.45, 7) is 0. The first-order chi connectivity index (χ1) is 12.8. The average Bonchev–Trinajstić information content (AvgIpc) is 3.08. The Bertz CT molecular complexity index is 853. The minimum absolute atomic E-state index is 0.0448. The van der Waals surface area contributed by atoms with Gasteiger partial charge in [0.2, 0.25) is 0 Å². The van der Waals surface area contributed by atoms with Crippen molar-refractivity contribution in [2.24, 2.45) is 7.05 Å². The van der Waals surface area contributed by atoms with Gasteiger partial charge in [0.15, 0.2) is 0 Å². The zero-order valence-electron chi connectivity index (χ0n) is 15.0. The topological polar surface area (TPSA) is 125 Å². The first-order valence-electron chi connectivity index (χ1n) is 8.80. The van der Waals surface area contributed by atoms with Gasteiger partial charge < -0.3 is 25.0 Å². The molecule has 1 amide bonds. The number of amides is 1. The monoisotopic (exact) mass is 371 g/mol. The number of aryl methyl sites for hydroxylation is 1. The van der Waals surface area contributed by atoms with Crippen LogP contribution in [0.2, 0.25) is 0 Å². The maximum absolute atomic E-state index is 12.6. The summed E-state index contributed by atoms with van der Waals surface area (Å²) in [5.41, 5.74) is -0.769. The van der Waals surface area contributed by atoms with E-state index in [-0.39, 0.29) is 28.5 Å². The number of aliphatic hydroxyl groups is 1. The van der Waals surface area contributed by atoms with Gasteiger partial charge in [-0.15, -0.1) is 0 Å². The standard InChI is InChI=1S/C18H22BN3O5/c1-22-8-7-20-17(22)18(25)6-2-3-14(10-18)21-16(24)12-4-5-15(19(26)27)13(9-12)11-23/h4-5,7-9,11,14,25-27H,2-3,6,10H2,1H3,(H,21,24)/t14-,18+/m0/s1. The summed E-state index contributed by atoms with van der Waals surface area (Å²) in [5.74, 6) is 0.192. The van der Waals surface area contributed by atoms with Crippen LogP contribution in [0.4, 0.5) is 0 Å². The fraction of sp³-hybridized carbons (Fsp3) is 0.389. The second-order valence-corrected chi connectivity index (χ2v) is 7.00. The molecule has 1 aromatic heterocycles. The van der Waals surface area contributed by atoms with E-state index in [0.717, 1.165) is 12.8 Å². The van der Waals surface area contributed by atoms with Crippen molar-refractivity contribution in [1.29, 1.82) is 0 Å². The molecule has 0 bridgehead atoms. The molecular formula is C18H22BN3O5. The molecule has 1 aromatic carbocycles. The number of carbonyl (C=O) groups is 2. The third-order valence-electron chi connectivity index (χ3n) is 5.05. The summed E-state index contributed by atoms with van der Waals surface area (Å²) in [5, 5.41) is 32.4. The molecule has 0 aliphatic heterocycles. The number of aldehydes is 1. The van der Waals surface area contributed by atoms with E-state index in [0.29, 0.717) is 25.0 Å². The normalized spacial score (nSPS) is 22.3. The molecule has 1 saturated carbocycles. The number of rotatable bonds is 5. The molecule has 9 heteroatoms. The molecule has 1 aliphatic rings. The van der Waals surface area contributed by atoms with E-state index in [9.17, 15) is 24.7 Å². The summed E-state index contributed by atoms with van der Waals surface area (Å²) in [7, 11) is 0.0362. The van der Waals surface area contributed by atoms with E-state index in [1.807, 2.05) is 7.05 Å². The molecule has 0 spiro atoms. The number of nitrogens with one attached hydrogen (secondary N) is 1. The number of benzene rings is 1. The van der Waals surface area contributed by atoms with Crippen LogP contribution < -0.4 is 10.8 Å². The molecular weight excluding hydrogens is 349 g/mol. The molecule has 0 saturated heterocycles. The minimum Gasteiger partial charge on any atom is -0.423 e. The van der Waals surface area contributed by atoms with E-state index < -0.39 is 12.7 Å². The molecule has 1 heterocycles. The molecule has 2 atom stereocenters. The minimum atomic E-state index is -1.78. The van der Waals surface area contributed by atoms with Crippen LogP contribution in [0.1, 0.15) is 52.2 Å². The van der Waals surface area contributed by atoms with Crippen molar-refractivity contribution in [2.75, 3.05) is 0 Å². The quantitative estimate of drug-likeness (QED) is 0.414.